The zero-order valence-corrected chi connectivity index (χ0v) is 20.5. The third kappa shape index (κ3) is 3.78. The standard InChI is InChI=1S/C26H24F4N8/c1-11-20(26(28,29)30)14(8-17(33)35-11)23-21(27)25-19(22(36-23)12(4-6-31)5-7-32)24(37-38(25)13-2-3-13)18-15-9-34-10-16(15)18/h8,12-13,15-16,18,34H,2-5,9-10H2,1H3,(H2,33,35). The van der Waals surface area contributed by atoms with E-state index in [1.807, 2.05) is 0 Å². The molecule has 0 radical (unpaired) electrons. The minimum Gasteiger partial charge on any atom is -0.384 e. The number of rotatable bonds is 6. The Balaban J connectivity index is 1.69. The lowest BCUT2D eigenvalue weighted by Crippen LogP contribution is -2.15. The van der Waals surface area contributed by atoms with Crippen molar-refractivity contribution in [2.45, 2.75) is 56.7 Å². The summed E-state index contributed by atoms with van der Waals surface area (Å²) in [4.78, 5) is 8.25. The molecule has 3 fully saturated rings. The summed E-state index contributed by atoms with van der Waals surface area (Å²) >= 11 is 0. The number of pyridine rings is 2. The summed E-state index contributed by atoms with van der Waals surface area (Å²) in [7, 11) is 0. The van der Waals surface area contributed by atoms with E-state index in [1.54, 1.807) is 4.68 Å². The van der Waals surface area contributed by atoms with Crippen molar-refractivity contribution in [3.63, 3.8) is 0 Å². The molecule has 0 spiro atoms. The van der Waals surface area contributed by atoms with E-state index < -0.39 is 40.4 Å². The van der Waals surface area contributed by atoms with Crippen molar-refractivity contribution >= 4 is 16.7 Å². The lowest BCUT2D eigenvalue weighted by atomic mass is 9.92. The Kier molecular flexibility index (Phi) is 5.58. The number of aryl methyl sites for hydroxylation is 1. The molecule has 8 nitrogen and oxygen atoms in total. The Morgan fingerprint density at radius 2 is 1.82 bits per heavy atom. The number of nitriles is 2. The largest absolute Gasteiger partial charge is 0.418 e. The Bertz CT molecular complexity index is 1520. The van der Waals surface area contributed by atoms with Gasteiger partial charge in [-0.2, -0.15) is 28.8 Å². The number of nitrogens with one attached hydrogen (secondary N) is 1. The van der Waals surface area contributed by atoms with Crippen LogP contribution in [-0.4, -0.2) is 32.8 Å². The fourth-order valence-electron chi connectivity index (χ4n) is 6.09. The molecular weight excluding hydrogens is 500 g/mol. The zero-order chi connectivity index (χ0) is 26.9. The molecule has 3 aromatic rings. The molecule has 12 heteroatoms. The fourth-order valence-corrected chi connectivity index (χ4v) is 6.09. The highest BCUT2D eigenvalue weighted by Crippen LogP contribution is 2.58. The van der Waals surface area contributed by atoms with Crippen LogP contribution < -0.4 is 11.1 Å². The molecule has 2 aliphatic carbocycles. The van der Waals surface area contributed by atoms with Gasteiger partial charge in [0.05, 0.1) is 40.8 Å². The van der Waals surface area contributed by atoms with Gasteiger partial charge in [-0.15, -0.1) is 0 Å². The predicted molar refractivity (Wildman–Crippen MR) is 129 cm³/mol. The van der Waals surface area contributed by atoms with E-state index in [4.69, 9.17) is 10.8 Å². The van der Waals surface area contributed by atoms with Crippen molar-refractivity contribution in [1.29, 1.82) is 10.5 Å². The van der Waals surface area contributed by atoms with E-state index in [2.05, 4.69) is 27.4 Å². The summed E-state index contributed by atoms with van der Waals surface area (Å²) in [6.45, 7) is 2.78. The predicted octanol–water partition coefficient (Wildman–Crippen LogP) is 4.72. The number of piperidine rings is 1. The zero-order valence-electron chi connectivity index (χ0n) is 20.5. The highest BCUT2D eigenvalue weighted by atomic mass is 19.4. The molecular formula is C26H24F4N8. The van der Waals surface area contributed by atoms with Gasteiger partial charge in [0.15, 0.2) is 5.82 Å². The third-order valence-corrected chi connectivity index (χ3v) is 7.96. The molecule has 1 aliphatic heterocycles. The molecule has 1 saturated heterocycles. The molecule has 38 heavy (non-hydrogen) atoms. The maximum absolute atomic E-state index is 16.5. The average Bonchev–Trinajstić information content (AvgIpc) is 3.72. The highest BCUT2D eigenvalue weighted by molar-refractivity contribution is 5.90. The van der Waals surface area contributed by atoms with Gasteiger partial charge in [0, 0.05) is 35.6 Å². The molecule has 2 unspecified atom stereocenters. The van der Waals surface area contributed by atoms with Crippen LogP contribution in [0, 0.1) is 47.2 Å². The fraction of sp³-hybridized carbons (Fsp3) is 0.500. The Labute approximate surface area is 215 Å². The second-order valence-corrected chi connectivity index (χ2v) is 10.4. The van der Waals surface area contributed by atoms with Crippen LogP contribution in [0.15, 0.2) is 6.07 Å². The smallest absolute Gasteiger partial charge is 0.384 e. The van der Waals surface area contributed by atoms with E-state index >= 15 is 4.39 Å². The molecule has 3 N–H and O–H groups in total. The van der Waals surface area contributed by atoms with E-state index in [9.17, 15) is 23.7 Å². The van der Waals surface area contributed by atoms with Crippen LogP contribution in [0.2, 0.25) is 0 Å². The van der Waals surface area contributed by atoms with Gasteiger partial charge in [-0.1, -0.05) is 0 Å². The number of hydrogen-bond donors (Lipinski definition) is 2. The van der Waals surface area contributed by atoms with E-state index in [0.29, 0.717) is 22.9 Å². The SMILES string of the molecule is Cc1nc(N)cc(-c2nc(C(CC#N)CC#N)c3c(C4C5CNCC54)nn(C4CC4)c3c2F)c1C(F)(F)F. The second kappa shape index (κ2) is 8.63. The molecule has 196 valence electrons. The summed E-state index contributed by atoms with van der Waals surface area (Å²) in [6, 6.07) is 5.03. The highest BCUT2D eigenvalue weighted by Gasteiger charge is 2.56. The summed E-state index contributed by atoms with van der Waals surface area (Å²) in [5.74, 6) is -1.11. The molecule has 6 rings (SSSR count). The van der Waals surface area contributed by atoms with Gasteiger partial charge in [0.1, 0.15) is 17.0 Å². The van der Waals surface area contributed by atoms with Crippen LogP contribution in [0.1, 0.15) is 66.2 Å². The summed E-state index contributed by atoms with van der Waals surface area (Å²) in [5, 5.41) is 27.6. The number of fused-ring (bicyclic) bond motifs is 2. The van der Waals surface area contributed by atoms with Gasteiger partial charge in [-0.05, 0) is 50.8 Å². The number of nitrogen functional groups attached to an aromatic ring is 1. The first-order valence-electron chi connectivity index (χ1n) is 12.6. The van der Waals surface area contributed by atoms with Gasteiger partial charge in [-0.3, -0.25) is 4.68 Å². The summed E-state index contributed by atoms with van der Waals surface area (Å²) in [6.07, 6.45) is -3.50. The number of alkyl halides is 3. The van der Waals surface area contributed by atoms with Crippen molar-refractivity contribution in [3.05, 3.63) is 34.5 Å². The number of anilines is 1. The van der Waals surface area contributed by atoms with Crippen LogP contribution in [0.25, 0.3) is 22.2 Å². The maximum Gasteiger partial charge on any atom is 0.418 e. The Morgan fingerprint density at radius 1 is 1.16 bits per heavy atom. The van der Waals surface area contributed by atoms with Gasteiger partial charge < -0.3 is 11.1 Å². The molecule has 2 atom stereocenters. The minimum absolute atomic E-state index is 0.0684. The number of aromatic nitrogens is 4. The molecule has 2 saturated carbocycles. The van der Waals surface area contributed by atoms with E-state index in [0.717, 1.165) is 32.0 Å². The number of halogens is 4. The average molecular weight is 525 g/mol. The van der Waals surface area contributed by atoms with Gasteiger partial charge in [0.2, 0.25) is 0 Å². The van der Waals surface area contributed by atoms with Crippen LogP contribution >= 0.6 is 0 Å². The number of nitrogens with two attached hydrogens (primary N) is 1. The Morgan fingerprint density at radius 3 is 2.39 bits per heavy atom. The molecule has 3 aromatic heterocycles. The number of nitrogens with zero attached hydrogens (tertiary/aromatic N) is 6. The lowest BCUT2D eigenvalue weighted by Gasteiger charge is -2.19. The molecule has 3 aliphatic rings. The van der Waals surface area contributed by atoms with Gasteiger partial charge in [-0.25, -0.2) is 14.4 Å². The summed E-state index contributed by atoms with van der Waals surface area (Å²) in [5.41, 5.74) is 4.25. The van der Waals surface area contributed by atoms with Gasteiger partial charge in [0.25, 0.3) is 0 Å². The van der Waals surface area contributed by atoms with E-state index in [1.165, 1.54) is 6.92 Å². The first-order valence-corrected chi connectivity index (χ1v) is 12.6. The van der Waals surface area contributed by atoms with Crippen LogP contribution in [0.4, 0.5) is 23.4 Å². The maximum atomic E-state index is 16.5. The lowest BCUT2D eigenvalue weighted by molar-refractivity contribution is -0.137. The topological polar surface area (TPSA) is 129 Å². The number of hydrogen-bond acceptors (Lipinski definition) is 7. The van der Waals surface area contributed by atoms with Gasteiger partial charge >= 0.3 is 6.18 Å². The quantitative estimate of drug-likeness (QED) is 0.447. The van der Waals surface area contributed by atoms with Crippen LogP contribution in [0.5, 0.6) is 0 Å². The van der Waals surface area contributed by atoms with Crippen molar-refractivity contribution in [2.24, 2.45) is 11.8 Å². The van der Waals surface area contributed by atoms with E-state index in [-0.39, 0.29) is 41.8 Å². The molecule has 0 bridgehead atoms. The molecule has 0 aromatic carbocycles. The molecule has 0 amide bonds. The van der Waals surface area contributed by atoms with Crippen LogP contribution in [0.3, 0.4) is 0 Å². The summed E-state index contributed by atoms with van der Waals surface area (Å²) < 4.78 is 60.7. The normalized spacial score (nSPS) is 22.5. The van der Waals surface area contributed by atoms with Crippen molar-refractivity contribution < 1.29 is 17.6 Å². The first-order chi connectivity index (χ1) is 18.2. The second-order valence-electron chi connectivity index (χ2n) is 10.4. The Hall–Kier alpha value is -3.77. The van der Waals surface area contributed by atoms with Crippen LogP contribution in [-0.2, 0) is 6.18 Å². The molecule has 4 heterocycles. The third-order valence-electron chi connectivity index (χ3n) is 7.96. The van der Waals surface area contributed by atoms with Crippen molar-refractivity contribution in [3.8, 4) is 23.4 Å². The van der Waals surface area contributed by atoms with Crippen molar-refractivity contribution in [1.82, 2.24) is 25.1 Å². The monoisotopic (exact) mass is 524 g/mol. The minimum atomic E-state index is -4.84. The van der Waals surface area contributed by atoms with Crippen molar-refractivity contribution in [2.75, 3.05) is 18.8 Å². The first kappa shape index (κ1) is 24.6.